The van der Waals surface area contributed by atoms with Gasteiger partial charge in [0.15, 0.2) is 0 Å². The van der Waals surface area contributed by atoms with Gasteiger partial charge in [-0.2, -0.15) is 11.8 Å². The minimum atomic E-state index is -0.193. The third-order valence-electron chi connectivity index (χ3n) is 4.36. The number of hydrogen-bond acceptors (Lipinski definition) is 3. The summed E-state index contributed by atoms with van der Waals surface area (Å²) >= 11 is 1.58. The van der Waals surface area contributed by atoms with Crippen molar-refractivity contribution in [3.63, 3.8) is 0 Å². The largest absolute Gasteiger partial charge is 0.355 e. The fourth-order valence-corrected chi connectivity index (χ4v) is 3.77. The number of urea groups is 1. The van der Waals surface area contributed by atoms with Gasteiger partial charge in [0, 0.05) is 37.1 Å². The van der Waals surface area contributed by atoms with Crippen LogP contribution in [0.3, 0.4) is 0 Å². The van der Waals surface area contributed by atoms with Crippen molar-refractivity contribution in [2.75, 3.05) is 18.8 Å². The highest BCUT2D eigenvalue weighted by atomic mass is 32.2. The molecule has 3 amide bonds. The van der Waals surface area contributed by atoms with Gasteiger partial charge in [0.05, 0.1) is 0 Å². The van der Waals surface area contributed by atoms with E-state index in [0.717, 1.165) is 18.6 Å². The molecule has 26 heavy (non-hydrogen) atoms. The molecule has 0 heterocycles. The molecule has 1 aromatic carbocycles. The van der Waals surface area contributed by atoms with Gasteiger partial charge < -0.3 is 16.0 Å². The predicted octanol–water partition coefficient (Wildman–Crippen LogP) is 3.20. The topological polar surface area (TPSA) is 70.2 Å². The lowest BCUT2D eigenvalue weighted by Gasteiger charge is -2.22. The maximum absolute atomic E-state index is 13.5. The van der Waals surface area contributed by atoms with E-state index in [2.05, 4.69) is 16.0 Å². The zero-order chi connectivity index (χ0) is 18.6. The van der Waals surface area contributed by atoms with Crippen LogP contribution in [-0.2, 0) is 10.5 Å². The fourth-order valence-electron chi connectivity index (χ4n) is 2.92. The fraction of sp³-hybridized carbons (Fsp3) is 0.579. The lowest BCUT2D eigenvalue weighted by Crippen LogP contribution is -2.43. The van der Waals surface area contributed by atoms with E-state index in [-0.39, 0.29) is 30.2 Å². The number of carbonyl (C=O) groups excluding carboxylic acids is 2. The van der Waals surface area contributed by atoms with Crippen LogP contribution in [-0.4, -0.2) is 36.8 Å². The van der Waals surface area contributed by atoms with Gasteiger partial charge >= 0.3 is 6.03 Å². The minimum Gasteiger partial charge on any atom is -0.355 e. The Bertz CT molecular complexity index is 580. The quantitative estimate of drug-likeness (QED) is 0.575. The molecule has 144 valence electrons. The van der Waals surface area contributed by atoms with Crippen molar-refractivity contribution in [1.82, 2.24) is 16.0 Å². The van der Waals surface area contributed by atoms with E-state index in [1.54, 1.807) is 23.9 Å². The second-order valence-corrected chi connectivity index (χ2v) is 7.58. The van der Waals surface area contributed by atoms with Gasteiger partial charge in [-0.15, -0.1) is 0 Å². The number of amides is 3. The average Bonchev–Trinajstić information content (AvgIpc) is 2.63. The van der Waals surface area contributed by atoms with Crippen molar-refractivity contribution in [2.24, 2.45) is 0 Å². The van der Waals surface area contributed by atoms with Crippen LogP contribution in [0.15, 0.2) is 24.3 Å². The van der Waals surface area contributed by atoms with E-state index < -0.39 is 0 Å². The van der Waals surface area contributed by atoms with Crippen molar-refractivity contribution in [3.8, 4) is 0 Å². The van der Waals surface area contributed by atoms with E-state index in [1.165, 1.54) is 25.3 Å². The smallest absolute Gasteiger partial charge is 0.315 e. The summed E-state index contributed by atoms with van der Waals surface area (Å²) in [5, 5.41) is 8.50. The summed E-state index contributed by atoms with van der Waals surface area (Å²) in [7, 11) is 0. The molecule has 2 rings (SSSR count). The Labute approximate surface area is 158 Å². The summed E-state index contributed by atoms with van der Waals surface area (Å²) in [6.45, 7) is 0.860. The number of rotatable bonds is 9. The molecule has 1 saturated carbocycles. The summed E-state index contributed by atoms with van der Waals surface area (Å²) in [6.07, 6.45) is 5.93. The van der Waals surface area contributed by atoms with Crippen molar-refractivity contribution in [1.29, 1.82) is 0 Å². The zero-order valence-corrected chi connectivity index (χ0v) is 15.9. The molecule has 0 aromatic heterocycles. The van der Waals surface area contributed by atoms with E-state index in [4.69, 9.17) is 0 Å². The van der Waals surface area contributed by atoms with Gasteiger partial charge in [-0.1, -0.05) is 37.5 Å². The lowest BCUT2D eigenvalue weighted by atomic mass is 9.96. The van der Waals surface area contributed by atoms with Crippen LogP contribution >= 0.6 is 11.8 Å². The first-order valence-corrected chi connectivity index (χ1v) is 10.4. The van der Waals surface area contributed by atoms with Crippen LogP contribution in [0.1, 0.15) is 44.1 Å². The minimum absolute atomic E-state index is 0.0885. The normalized spacial score (nSPS) is 14.7. The number of nitrogens with one attached hydrogen (secondary N) is 3. The maximum atomic E-state index is 13.5. The molecule has 1 aromatic rings. The number of halogens is 1. The van der Waals surface area contributed by atoms with Gasteiger partial charge in [0.2, 0.25) is 5.91 Å². The van der Waals surface area contributed by atoms with Crippen LogP contribution in [0.25, 0.3) is 0 Å². The molecule has 0 atom stereocenters. The average molecular weight is 382 g/mol. The Morgan fingerprint density at radius 2 is 1.85 bits per heavy atom. The summed E-state index contributed by atoms with van der Waals surface area (Å²) < 4.78 is 13.5. The Morgan fingerprint density at radius 1 is 1.08 bits per heavy atom. The van der Waals surface area contributed by atoms with E-state index in [1.807, 2.05) is 6.07 Å². The van der Waals surface area contributed by atoms with E-state index in [9.17, 15) is 14.0 Å². The third kappa shape index (κ3) is 8.08. The van der Waals surface area contributed by atoms with Crippen LogP contribution in [0.5, 0.6) is 0 Å². The van der Waals surface area contributed by atoms with Gasteiger partial charge in [-0.05, 0) is 24.5 Å². The first-order valence-electron chi connectivity index (χ1n) is 9.27. The maximum Gasteiger partial charge on any atom is 0.315 e. The molecule has 3 N–H and O–H groups in total. The summed E-state index contributed by atoms with van der Waals surface area (Å²) in [5.74, 6) is 1.03. The number of benzene rings is 1. The Balaban J connectivity index is 1.47. The molecule has 1 aliphatic carbocycles. The van der Waals surface area contributed by atoms with Gasteiger partial charge in [0.25, 0.3) is 0 Å². The molecule has 0 aliphatic heterocycles. The van der Waals surface area contributed by atoms with Crippen molar-refractivity contribution in [3.05, 3.63) is 35.6 Å². The zero-order valence-electron chi connectivity index (χ0n) is 15.1. The molecule has 7 heteroatoms. The number of thioether (sulfide) groups is 1. The highest BCUT2D eigenvalue weighted by Crippen LogP contribution is 2.17. The first kappa shape index (κ1) is 20.6. The summed E-state index contributed by atoms with van der Waals surface area (Å²) in [5.41, 5.74) is 0.678. The monoisotopic (exact) mass is 381 g/mol. The van der Waals surface area contributed by atoms with Crippen LogP contribution < -0.4 is 16.0 Å². The van der Waals surface area contributed by atoms with Gasteiger partial charge in [0.1, 0.15) is 5.82 Å². The molecule has 0 radical (unpaired) electrons. The molecule has 0 bridgehead atoms. The molecule has 0 saturated heterocycles. The van der Waals surface area contributed by atoms with Crippen molar-refractivity contribution < 1.29 is 14.0 Å². The van der Waals surface area contributed by atoms with Gasteiger partial charge in [-0.25, -0.2) is 9.18 Å². The highest BCUT2D eigenvalue weighted by Gasteiger charge is 2.15. The van der Waals surface area contributed by atoms with Crippen LogP contribution in [0.4, 0.5) is 9.18 Å². The Morgan fingerprint density at radius 3 is 2.62 bits per heavy atom. The number of carbonyl (C=O) groups is 2. The predicted molar refractivity (Wildman–Crippen MR) is 104 cm³/mol. The standard InChI is InChI=1S/C19H28FN3O2S/c20-17-9-5-4-6-15(17)14-26-13-12-21-18(24)10-11-22-19(25)23-16-7-2-1-3-8-16/h4-6,9,16H,1-3,7-8,10-14H2,(H,21,24)(H2,22,23,25). The van der Waals surface area contributed by atoms with Crippen LogP contribution in [0, 0.1) is 5.82 Å². The molecule has 0 spiro atoms. The van der Waals surface area contributed by atoms with Gasteiger partial charge in [-0.3, -0.25) is 4.79 Å². The SMILES string of the molecule is O=C(CCNC(=O)NC1CCCCC1)NCCSCc1ccccc1F. The van der Waals surface area contributed by atoms with E-state index >= 15 is 0 Å². The van der Waals surface area contributed by atoms with E-state index in [0.29, 0.717) is 24.4 Å². The third-order valence-corrected chi connectivity index (χ3v) is 5.37. The molecule has 1 fully saturated rings. The van der Waals surface area contributed by atoms with Crippen molar-refractivity contribution >= 4 is 23.7 Å². The number of hydrogen-bond donors (Lipinski definition) is 3. The summed E-state index contributed by atoms with van der Waals surface area (Å²) in [6, 6.07) is 6.79. The second-order valence-electron chi connectivity index (χ2n) is 6.48. The lowest BCUT2D eigenvalue weighted by molar-refractivity contribution is -0.120. The molecule has 0 unspecified atom stereocenters. The Kier molecular flexibility index (Phi) is 9.31. The molecular formula is C19H28FN3O2S. The summed E-state index contributed by atoms with van der Waals surface area (Å²) in [4.78, 5) is 23.5. The Hall–Kier alpha value is -1.76. The molecule has 1 aliphatic rings. The molecule has 5 nitrogen and oxygen atoms in total. The van der Waals surface area contributed by atoms with Crippen molar-refractivity contribution in [2.45, 2.75) is 50.3 Å². The second kappa shape index (κ2) is 11.8. The highest BCUT2D eigenvalue weighted by molar-refractivity contribution is 7.98. The van der Waals surface area contributed by atoms with Crippen LogP contribution in [0.2, 0.25) is 0 Å². The first-order chi connectivity index (χ1) is 12.6. The molecular weight excluding hydrogens is 353 g/mol.